The smallest absolute Gasteiger partial charge is 0.360 e. The average Bonchev–Trinajstić information content (AvgIpc) is 3.13. The van der Waals surface area contributed by atoms with Gasteiger partial charge in [-0.05, 0) is 18.6 Å². The van der Waals surface area contributed by atoms with Crippen LogP contribution >= 0.6 is 23.1 Å². The Hall–Kier alpha value is -2.34. The first-order valence-corrected chi connectivity index (χ1v) is 10.9. The van der Waals surface area contributed by atoms with Crippen LogP contribution in [0.5, 0.6) is 0 Å². The minimum absolute atomic E-state index is 0.0342. The summed E-state index contributed by atoms with van der Waals surface area (Å²) in [6.07, 6.45) is -2.52. The first-order chi connectivity index (χ1) is 14.2. The number of amides is 2. The van der Waals surface area contributed by atoms with Crippen molar-refractivity contribution in [2.45, 2.75) is 30.3 Å². The number of hydrogen-bond donors (Lipinski definition) is 2. The van der Waals surface area contributed by atoms with Gasteiger partial charge in [-0.3, -0.25) is 9.59 Å². The van der Waals surface area contributed by atoms with Crippen molar-refractivity contribution < 1.29 is 22.8 Å². The van der Waals surface area contributed by atoms with Gasteiger partial charge < -0.3 is 15.5 Å². The van der Waals surface area contributed by atoms with Gasteiger partial charge >= 0.3 is 6.18 Å². The first-order valence-electron chi connectivity index (χ1n) is 9.11. The number of hydrogen-bond acceptors (Lipinski definition) is 7. The van der Waals surface area contributed by atoms with Crippen LogP contribution in [0.15, 0.2) is 28.6 Å². The molecule has 164 valence electrons. The van der Waals surface area contributed by atoms with Crippen LogP contribution in [-0.2, 0) is 15.8 Å². The molecule has 2 aromatic rings. The number of unbranched alkanes of at least 4 members (excludes halogenated alkanes) is 1. The molecule has 1 heterocycles. The molecule has 0 radical (unpaired) electrons. The number of thioether (sulfide) groups is 1. The lowest BCUT2D eigenvalue weighted by molar-refractivity contribution is -0.137. The van der Waals surface area contributed by atoms with Gasteiger partial charge in [-0.15, -0.1) is 10.2 Å². The lowest BCUT2D eigenvalue weighted by Gasteiger charge is -2.18. The van der Waals surface area contributed by atoms with E-state index in [0.717, 1.165) is 30.4 Å². The predicted molar refractivity (Wildman–Crippen MR) is 112 cm³/mol. The molecule has 2 amide bonds. The summed E-state index contributed by atoms with van der Waals surface area (Å²) in [5, 5.41) is 14.0. The number of carbonyl (C=O) groups excluding carboxylic acids is 2. The number of alkyl halides is 3. The van der Waals surface area contributed by atoms with Crippen LogP contribution in [0.25, 0.3) is 0 Å². The van der Waals surface area contributed by atoms with Crippen molar-refractivity contribution in [3.8, 4) is 0 Å². The highest BCUT2D eigenvalue weighted by Crippen LogP contribution is 2.34. The molecule has 0 bridgehead atoms. The van der Waals surface area contributed by atoms with Crippen molar-refractivity contribution >= 4 is 45.7 Å². The highest BCUT2D eigenvalue weighted by molar-refractivity contribution is 8.01. The molecule has 0 aliphatic heterocycles. The van der Waals surface area contributed by atoms with Crippen LogP contribution < -0.4 is 10.6 Å². The molecule has 0 aliphatic rings. The zero-order valence-corrected chi connectivity index (χ0v) is 18.1. The summed E-state index contributed by atoms with van der Waals surface area (Å²) in [6.45, 7) is 2.51. The molecule has 2 N–H and O–H groups in total. The van der Waals surface area contributed by atoms with Crippen LogP contribution in [0, 0.1) is 0 Å². The number of para-hydroxylation sites is 1. The minimum Gasteiger partial charge on any atom is -0.360 e. The van der Waals surface area contributed by atoms with E-state index in [9.17, 15) is 22.8 Å². The third kappa shape index (κ3) is 7.48. The first kappa shape index (κ1) is 23.9. The number of benzene rings is 1. The topological polar surface area (TPSA) is 87.2 Å². The Bertz CT molecular complexity index is 860. The quantitative estimate of drug-likeness (QED) is 0.411. The summed E-state index contributed by atoms with van der Waals surface area (Å²) in [6, 6.07) is 4.68. The van der Waals surface area contributed by atoms with E-state index in [1.807, 2.05) is 0 Å². The van der Waals surface area contributed by atoms with E-state index in [1.165, 1.54) is 48.3 Å². The lowest BCUT2D eigenvalue weighted by Crippen LogP contribution is -2.36. The Morgan fingerprint density at radius 1 is 1.23 bits per heavy atom. The number of halogens is 3. The fourth-order valence-corrected chi connectivity index (χ4v) is 4.00. The second kappa shape index (κ2) is 11.2. The van der Waals surface area contributed by atoms with Gasteiger partial charge in [0.2, 0.25) is 16.9 Å². The molecule has 30 heavy (non-hydrogen) atoms. The maximum atomic E-state index is 13.0. The van der Waals surface area contributed by atoms with Gasteiger partial charge in [-0.25, -0.2) is 0 Å². The molecule has 0 saturated heterocycles. The maximum absolute atomic E-state index is 13.0. The molecule has 0 spiro atoms. The van der Waals surface area contributed by atoms with Crippen LogP contribution in [0.3, 0.4) is 0 Å². The van der Waals surface area contributed by atoms with E-state index in [1.54, 1.807) is 0 Å². The van der Waals surface area contributed by atoms with E-state index in [-0.39, 0.29) is 23.9 Å². The fourth-order valence-electron chi connectivity index (χ4n) is 2.28. The van der Waals surface area contributed by atoms with Crippen LogP contribution in [0.2, 0.25) is 0 Å². The second-order valence-corrected chi connectivity index (χ2v) is 8.48. The van der Waals surface area contributed by atoms with Crippen molar-refractivity contribution in [3.63, 3.8) is 0 Å². The summed E-state index contributed by atoms with van der Waals surface area (Å²) in [4.78, 5) is 25.5. The minimum atomic E-state index is -4.59. The zero-order chi connectivity index (χ0) is 22.1. The Balaban J connectivity index is 1.82. The fraction of sp³-hybridized carbons (Fsp3) is 0.444. The normalized spacial score (nSPS) is 11.2. The van der Waals surface area contributed by atoms with E-state index in [0.29, 0.717) is 9.47 Å². The van der Waals surface area contributed by atoms with Gasteiger partial charge in [0.1, 0.15) is 0 Å². The second-order valence-electron chi connectivity index (χ2n) is 6.28. The summed E-state index contributed by atoms with van der Waals surface area (Å²) in [7, 11) is 1.41. The van der Waals surface area contributed by atoms with Gasteiger partial charge in [0, 0.05) is 13.6 Å². The van der Waals surface area contributed by atoms with Crippen LogP contribution in [-0.4, -0.2) is 52.8 Å². The molecule has 0 unspecified atom stereocenters. The number of nitrogens with one attached hydrogen (secondary N) is 2. The zero-order valence-electron chi connectivity index (χ0n) is 16.5. The van der Waals surface area contributed by atoms with Gasteiger partial charge in [-0.2, -0.15) is 13.2 Å². The van der Waals surface area contributed by atoms with Crippen molar-refractivity contribution in [2.75, 3.05) is 36.5 Å². The molecule has 12 heteroatoms. The summed E-state index contributed by atoms with van der Waals surface area (Å²) >= 11 is 2.52. The Kier molecular flexibility index (Phi) is 8.90. The molecule has 7 nitrogen and oxygen atoms in total. The van der Waals surface area contributed by atoms with E-state index >= 15 is 0 Å². The molecule has 0 aliphatic carbocycles. The number of nitrogens with zero attached hydrogens (tertiary/aromatic N) is 3. The van der Waals surface area contributed by atoms with Crippen molar-refractivity contribution in [2.24, 2.45) is 0 Å². The number of aromatic nitrogens is 2. The standard InChI is InChI=1S/C18H22F3N5O2S2/c1-3-4-9-22-16-24-25-17(30-16)29-11-15(28)26(2)10-14(27)23-13-8-6-5-7-12(13)18(19,20)21/h5-8H,3-4,9-11H2,1-2H3,(H,22,24)(H,23,27). The average molecular weight is 462 g/mol. The van der Waals surface area contributed by atoms with Gasteiger partial charge in [0.15, 0.2) is 4.34 Å². The number of likely N-dealkylation sites (N-methyl/N-ethyl adjacent to an activating group) is 1. The highest BCUT2D eigenvalue weighted by Gasteiger charge is 2.33. The van der Waals surface area contributed by atoms with Crippen molar-refractivity contribution in [3.05, 3.63) is 29.8 Å². The molecular weight excluding hydrogens is 439 g/mol. The van der Waals surface area contributed by atoms with E-state index < -0.39 is 17.6 Å². The number of anilines is 2. The Morgan fingerprint density at radius 2 is 1.97 bits per heavy atom. The molecule has 0 atom stereocenters. The molecule has 2 rings (SSSR count). The molecular formula is C18H22F3N5O2S2. The highest BCUT2D eigenvalue weighted by atomic mass is 32.2. The summed E-state index contributed by atoms with van der Waals surface area (Å²) in [5.41, 5.74) is -1.29. The summed E-state index contributed by atoms with van der Waals surface area (Å²) < 4.78 is 39.6. The predicted octanol–water partition coefficient (Wildman–Crippen LogP) is 3.96. The maximum Gasteiger partial charge on any atom is 0.418 e. The Labute approximate surface area is 180 Å². The summed E-state index contributed by atoms with van der Waals surface area (Å²) in [5.74, 6) is -1.03. The van der Waals surface area contributed by atoms with E-state index in [4.69, 9.17) is 0 Å². The Morgan fingerprint density at radius 3 is 2.67 bits per heavy atom. The third-order valence-electron chi connectivity index (χ3n) is 3.85. The van der Waals surface area contributed by atoms with Crippen molar-refractivity contribution in [1.82, 2.24) is 15.1 Å². The van der Waals surface area contributed by atoms with Crippen molar-refractivity contribution in [1.29, 1.82) is 0 Å². The number of carbonyl (C=O) groups is 2. The third-order valence-corrected chi connectivity index (χ3v) is 5.84. The van der Waals surface area contributed by atoms with Crippen LogP contribution in [0.4, 0.5) is 24.0 Å². The van der Waals surface area contributed by atoms with Crippen LogP contribution in [0.1, 0.15) is 25.3 Å². The SMILES string of the molecule is CCCCNc1nnc(SCC(=O)N(C)CC(=O)Nc2ccccc2C(F)(F)F)s1. The monoisotopic (exact) mass is 461 g/mol. The largest absolute Gasteiger partial charge is 0.418 e. The molecule has 1 aromatic carbocycles. The lowest BCUT2D eigenvalue weighted by atomic mass is 10.1. The van der Waals surface area contributed by atoms with Gasteiger partial charge in [0.25, 0.3) is 0 Å². The molecule has 0 fully saturated rings. The molecule has 0 saturated carbocycles. The van der Waals surface area contributed by atoms with Gasteiger partial charge in [-0.1, -0.05) is 48.6 Å². The number of rotatable bonds is 10. The molecule has 1 aromatic heterocycles. The van der Waals surface area contributed by atoms with E-state index in [2.05, 4.69) is 27.8 Å². The van der Waals surface area contributed by atoms with Gasteiger partial charge in [0.05, 0.1) is 23.5 Å².